The third kappa shape index (κ3) is 4.83. The molecule has 4 nitrogen and oxygen atoms in total. The topological polar surface area (TPSA) is 27.7 Å². The molecule has 2 fully saturated rings. The number of nitrogens with one attached hydrogen (secondary N) is 1. The van der Waals surface area contributed by atoms with E-state index in [0.29, 0.717) is 12.6 Å². The Balaban J connectivity index is 1.51. The van der Waals surface area contributed by atoms with Gasteiger partial charge in [-0.3, -0.25) is 9.80 Å². The summed E-state index contributed by atoms with van der Waals surface area (Å²) in [4.78, 5) is 4.80. The summed E-state index contributed by atoms with van der Waals surface area (Å²) >= 11 is 0. The molecule has 0 amide bonds. The summed E-state index contributed by atoms with van der Waals surface area (Å²) in [5.74, 6) is -0.148. The second-order valence-corrected chi connectivity index (χ2v) is 6.15. The first-order valence-corrected chi connectivity index (χ1v) is 8.01. The van der Waals surface area contributed by atoms with Crippen molar-refractivity contribution in [2.24, 2.45) is 0 Å². The third-order valence-electron chi connectivity index (χ3n) is 4.50. The van der Waals surface area contributed by atoms with E-state index < -0.39 is 6.36 Å². The first-order valence-electron chi connectivity index (χ1n) is 8.01. The van der Waals surface area contributed by atoms with Crippen LogP contribution in [0.3, 0.4) is 0 Å². The maximum absolute atomic E-state index is 12.3. The molecule has 2 aliphatic rings. The maximum atomic E-state index is 12.3. The number of piperazine rings is 1. The summed E-state index contributed by atoms with van der Waals surface area (Å²) in [6, 6.07) is 6.90. The number of hydrogen-bond acceptors (Lipinski definition) is 4. The predicted molar refractivity (Wildman–Crippen MR) is 81.2 cm³/mol. The molecule has 1 N–H and O–H groups in total. The molecular weight excluding hydrogens is 307 g/mol. The van der Waals surface area contributed by atoms with Crippen LogP contribution in [0.5, 0.6) is 5.75 Å². The van der Waals surface area contributed by atoms with Crippen LogP contribution in [0.1, 0.15) is 12.0 Å². The highest BCUT2D eigenvalue weighted by Gasteiger charge is 2.31. The van der Waals surface area contributed by atoms with Crippen LogP contribution in [0.25, 0.3) is 0 Å². The zero-order valence-corrected chi connectivity index (χ0v) is 13.0. The van der Waals surface area contributed by atoms with Crippen molar-refractivity contribution in [3.8, 4) is 5.75 Å². The molecule has 1 atom stereocenters. The lowest BCUT2D eigenvalue weighted by atomic mass is 10.1. The van der Waals surface area contributed by atoms with E-state index >= 15 is 0 Å². The van der Waals surface area contributed by atoms with Crippen molar-refractivity contribution in [1.82, 2.24) is 15.1 Å². The van der Waals surface area contributed by atoms with Gasteiger partial charge in [0.1, 0.15) is 5.75 Å². The number of alkyl halides is 3. The van der Waals surface area contributed by atoms with Crippen molar-refractivity contribution in [1.29, 1.82) is 0 Å². The first-order chi connectivity index (χ1) is 11.0. The summed E-state index contributed by atoms with van der Waals surface area (Å²) in [5, 5.41) is 3.38. The molecule has 0 aliphatic carbocycles. The third-order valence-corrected chi connectivity index (χ3v) is 4.50. The largest absolute Gasteiger partial charge is 0.573 e. The van der Waals surface area contributed by atoms with Gasteiger partial charge in [-0.05, 0) is 30.7 Å². The molecule has 23 heavy (non-hydrogen) atoms. The van der Waals surface area contributed by atoms with E-state index in [1.165, 1.54) is 18.6 Å². The van der Waals surface area contributed by atoms with Crippen LogP contribution >= 0.6 is 0 Å². The highest BCUT2D eigenvalue weighted by Crippen LogP contribution is 2.24. The van der Waals surface area contributed by atoms with E-state index in [-0.39, 0.29) is 5.75 Å². The summed E-state index contributed by atoms with van der Waals surface area (Å²) in [6.07, 6.45) is -3.43. The fraction of sp³-hybridized carbons (Fsp3) is 0.625. The molecule has 0 bridgehead atoms. The number of rotatable bonds is 4. The number of nitrogens with zero attached hydrogens (tertiary/aromatic N) is 2. The number of hydrogen-bond donors (Lipinski definition) is 1. The van der Waals surface area contributed by atoms with E-state index in [1.807, 2.05) is 6.07 Å². The average molecular weight is 329 g/mol. The van der Waals surface area contributed by atoms with Crippen molar-refractivity contribution in [3.05, 3.63) is 29.8 Å². The minimum absolute atomic E-state index is 0.148. The molecule has 1 aromatic carbocycles. The van der Waals surface area contributed by atoms with E-state index in [0.717, 1.165) is 44.8 Å². The fourth-order valence-corrected chi connectivity index (χ4v) is 3.34. The zero-order valence-electron chi connectivity index (χ0n) is 13.0. The molecule has 128 valence electrons. The Hall–Kier alpha value is -1.31. The Labute approximate surface area is 134 Å². The van der Waals surface area contributed by atoms with E-state index in [2.05, 4.69) is 19.9 Å². The molecule has 7 heteroatoms. The van der Waals surface area contributed by atoms with Crippen LogP contribution in [0.2, 0.25) is 0 Å². The lowest BCUT2D eigenvalue weighted by molar-refractivity contribution is -0.274. The van der Waals surface area contributed by atoms with Gasteiger partial charge in [-0.25, -0.2) is 0 Å². The van der Waals surface area contributed by atoms with Crippen LogP contribution in [0.15, 0.2) is 24.3 Å². The van der Waals surface area contributed by atoms with Crippen molar-refractivity contribution in [3.63, 3.8) is 0 Å². The predicted octanol–water partition coefficient (Wildman–Crippen LogP) is 2.06. The lowest BCUT2D eigenvalue weighted by Gasteiger charge is -2.37. The highest BCUT2D eigenvalue weighted by molar-refractivity contribution is 5.28. The lowest BCUT2D eigenvalue weighted by Crippen LogP contribution is -2.50. The number of benzene rings is 1. The smallest absolute Gasteiger partial charge is 0.406 e. The van der Waals surface area contributed by atoms with Gasteiger partial charge < -0.3 is 10.1 Å². The SMILES string of the molecule is FC(F)(F)Oc1cccc(CN2CCN(C3CCNC3)CC2)c1. The van der Waals surface area contributed by atoms with Gasteiger partial charge in [0.05, 0.1) is 0 Å². The normalized spacial score (nSPS) is 24.0. The molecule has 2 heterocycles. The summed E-state index contributed by atoms with van der Waals surface area (Å²) < 4.78 is 40.8. The van der Waals surface area contributed by atoms with Crippen molar-refractivity contribution < 1.29 is 17.9 Å². The molecule has 0 saturated carbocycles. The standard InChI is InChI=1S/C16H22F3N3O/c17-16(18,19)23-15-3-1-2-13(10-15)12-21-6-8-22(9-7-21)14-4-5-20-11-14/h1-3,10,14,20H,4-9,11-12H2. The quantitative estimate of drug-likeness (QED) is 0.915. The Morgan fingerprint density at radius 3 is 2.61 bits per heavy atom. The molecule has 0 spiro atoms. The highest BCUT2D eigenvalue weighted by atomic mass is 19.4. The van der Waals surface area contributed by atoms with E-state index in [9.17, 15) is 13.2 Å². The Kier molecular flexibility index (Phi) is 5.08. The van der Waals surface area contributed by atoms with Crippen LogP contribution in [-0.2, 0) is 6.54 Å². The molecule has 1 unspecified atom stereocenters. The minimum atomic E-state index is -4.64. The maximum Gasteiger partial charge on any atom is 0.573 e. The van der Waals surface area contributed by atoms with E-state index in [1.54, 1.807) is 6.07 Å². The zero-order chi connectivity index (χ0) is 16.3. The average Bonchev–Trinajstić information content (AvgIpc) is 3.01. The van der Waals surface area contributed by atoms with E-state index in [4.69, 9.17) is 0 Å². The van der Waals surface area contributed by atoms with Gasteiger partial charge in [0.15, 0.2) is 0 Å². The second kappa shape index (κ2) is 7.07. The molecular formula is C16H22F3N3O. The second-order valence-electron chi connectivity index (χ2n) is 6.15. The van der Waals surface area contributed by atoms with Gasteiger partial charge in [-0.15, -0.1) is 13.2 Å². The molecule has 0 aromatic heterocycles. The first kappa shape index (κ1) is 16.5. The monoisotopic (exact) mass is 329 g/mol. The van der Waals surface area contributed by atoms with Crippen molar-refractivity contribution in [2.45, 2.75) is 25.4 Å². The molecule has 0 radical (unpaired) electrons. The van der Waals surface area contributed by atoms with Gasteiger partial charge in [-0.2, -0.15) is 0 Å². The van der Waals surface area contributed by atoms with Gasteiger partial charge in [0.25, 0.3) is 0 Å². The van der Waals surface area contributed by atoms with Crippen LogP contribution in [0.4, 0.5) is 13.2 Å². The van der Waals surface area contributed by atoms with Crippen LogP contribution in [0, 0.1) is 0 Å². The fourth-order valence-electron chi connectivity index (χ4n) is 3.34. The Morgan fingerprint density at radius 2 is 1.96 bits per heavy atom. The minimum Gasteiger partial charge on any atom is -0.406 e. The number of ether oxygens (including phenoxy) is 1. The van der Waals surface area contributed by atoms with Crippen molar-refractivity contribution in [2.75, 3.05) is 39.3 Å². The Morgan fingerprint density at radius 1 is 1.17 bits per heavy atom. The summed E-state index contributed by atoms with van der Waals surface area (Å²) in [7, 11) is 0. The molecule has 2 aliphatic heterocycles. The van der Waals surface area contributed by atoms with Gasteiger partial charge in [0.2, 0.25) is 0 Å². The Bertz CT molecular complexity index is 510. The molecule has 1 aromatic rings. The number of halogens is 3. The molecule has 2 saturated heterocycles. The van der Waals surface area contributed by atoms with Gasteiger partial charge in [-0.1, -0.05) is 12.1 Å². The van der Waals surface area contributed by atoms with Crippen LogP contribution in [-0.4, -0.2) is 61.5 Å². The molecule has 3 rings (SSSR count). The van der Waals surface area contributed by atoms with Gasteiger partial charge >= 0.3 is 6.36 Å². The summed E-state index contributed by atoms with van der Waals surface area (Å²) in [5.41, 5.74) is 0.850. The van der Waals surface area contributed by atoms with Crippen molar-refractivity contribution >= 4 is 0 Å². The van der Waals surface area contributed by atoms with Gasteiger partial charge in [0, 0.05) is 45.3 Å². The summed E-state index contributed by atoms with van der Waals surface area (Å²) in [6.45, 7) is 6.75. The van der Waals surface area contributed by atoms with Crippen LogP contribution < -0.4 is 10.1 Å².